The number of rotatable bonds is 10. The fraction of sp³-hybridized carbons (Fsp3) is 0.333. The number of carbonyl (C=O) groups excluding carboxylic acids is 2. The maximum atomic E-state index is 15.0. The molecule has 3 aromatic rings. The highest BCUT2D eigenvalue weighted by atomic mass is 32.2. The number of amides is 2. The van der Waals surface area contributed by atoms with Crippen LogP contribution in [0.3, 0.4) is 0 Å². The van der Waals surface area contributed by atoms with E-state index in [1.165, 1.54) is 35.2 Å². The maximum absolute atomic E-state index is 15.0. The molecule has 4 rings (SSSR count). The van der Waals surface area contributed by atoms with Crippen LogP contribution in [0, 0.1) is 12.7 Å². The number of carbonyl (C=O) groups is 2. The summed E-state index contributed by atoms with van der Waals surface area (Å²) < 4.78 is 43.3. The third-order valence-corrected chi connectivity index (χ3v) is 8.85. The van der Waals surface area contributed by atoms with Crippen molar-refractivity contribution in [2.75, 3.05) is 10.8 Å². The smallest absolute Gasteiger partial charge is 0.264 e. The molecular formula is C30H34FN3O4S. The molecule has 1 N–H and O–H groups in total. The van der Waals surface area contributed by atoms with Crippen LogP contribution >= 0.6 is 0 Å². The molecular weight excluding hydrogens is 517 g/mol. The summed E-state index contributed by atoms with van der Waals surface area (Å²) in [7, 11) is -4.31. The topological polar surface area (TPSA) is 86.8 Å². The zero-order valence-electron chi connectivity index (χ0n) is 22.2. The molecule has 0 saturated heterocycles. The lowest BCUT2D eigenvalue weighted by Crippen LogP contribution is -2.52. The Balaban J connectivity index is 1.68. The Morgan fingerprint density at radius 1 is 0.949 bits per heavy atom. The molecule has 1 aliphatic rings. The van der Waals surface area contributed by atoms with Gasteiger partial charge in [0, 0.05) is 12.6 Å². The molecule has 1 atom stereocenters. The fourth-order valence-electron chi connectivity index (χ4n) is 4.76. The minimum absolute atomic E-state index is 0.0606. The molecule has 7 nitrogen and oxygen atoms in total. The number of halogens is 1. The van der Waals surface area contributed by atoms with Crippen LogP contribution in [0.1, 0.15) is 43.7 Å². The molecule has 0 bridgehead atoms. The van der Waals surface area contributed by atoms with Crippen molar-refractivity contribution < 1.29 is 22.4 Å². The molecule has 0 spiro atoms. The molecule has 0 aliphatic heterocycles. The van der Waals surface area contributed by atoms with Crippen molar-refractivity contribution in [2.24, 2.45) is 0 Å². The van der Waals surface area contributed by atoms with Gasteiger partial charge < -0.3 is 10.2 Å². The van der Waals surface area contributed by atoms with Crippen LogP contribution < -0.4 is 9.62 Å². The van der Waals surface area contributed by atoms with Crippen molar-refractivity contribution in [1.82, 2.24) is 10.2 Å². The van der Waals surface area contributed by atoms with E-state index in [0.717, 1.165) is 47.2 Å². The van der Waals surface area contributed by atoms with Crippen molar-refractivity contribution in [1.29, 1.82) is 0 Å². The lowest BCUT2D eigenvalue weighted by atomic mass is 10.1. The van der Waals surface area contributed by atoms with Gasteiger partial charge >= 0.3 is 0 Å². The number of hydrogen-bond donors (Lipinski definition) is 1. The summed E-state index contributed by atoms with van der Waals surface area (Å²) in [6, 6.07) is 20.0. The van der Waals surface area contributed by atoms with E-state index in [4.69, 9.17) is 0 Å². The van der Waals surface area contributed by atoms with E-state index in [1.54, 1.807) is 19.1 Å². The van der Waals surface area contributed by atoms with Crippen LogP contribution in [0.2, 0.25) is 0 Å². The average molecular weight is 552 g/mol. The van der Waals surface area contributed by atoms with E-state index >= 15 is 0 Å². The SMILES string of the molecule is Cc1ccc(S(=O)(=O)N(CC(=O)N(Cc2ccccc2)[C@H](C)C(=O)NC2CCCC2)c2ccccc2F)cc1. The third-order valence-electron chi connectivity index (χ3n) is 7.07. The Bertz CT molecular complexity index is 1390. The van der Waals surface area contributed by atoms with Gasteiger partial charge in [0.1, 0.15) is 18.4 Å². The summed E-state index contributed by atoms with van der Waals surface area (Å²) >= 11 is 0. The summed E-state index contributed by atoms with van der Waals surface area (Å²) in [5.74, 6) is -1.69. The van der Waals surface area contributed by atoms with Crippen molar-refractivity contribution in [3.05, 3.63) is 95.8 Å². The quantitative estimate of drug-likeness (QED) is 0.392. The monoisotopic (exact) mass is 551 g/mol. The van der Waals surface area contributed by atoms with E-state index in [1.807, 2.05) is 37.3 Å². The van der Waals surface area contributed by atoms with Crippen LogP contribution in [-0.4, -0.2) is 43.8 Å². The molecule has 0 heterocycles. The number of hydrogen-bond acceptors (Lipinski definition) is 4. The summed E-state index contributed by atoms with van der Waals surface area (Å²) in [5, 5.41) is 3.03. The molecule has 9 heteroatoms. The lowest BCUT2D eigenvalue weighted by molar-refractivity contribution is -0.139. The van der Waals surface area contributed by atoms with Gasteiger partial charge in [-0.1, -0.05) is 73.0 Å². The van der Waals surface area contributed by atoms with Crippen LogP contribution in [0.4, 0.5) is 10.1 Å². The van der Waals surface area contributed by atoms with Gasteiger partial charge in [-0.15, -0.1) is 0 Å². The molecule has 1 aliphatic carbocycles. The first-order chi connectivity index (χ1) is 18.7. The molecule has 39 heavy (non-hydrogen) atoms. The fourth-order valence-corrected chi connectivity index (χ4v) is 6.18. The van der Waals surface area contributed by atoms with Crippen molar-refractivity contribution in [3.63, 3.8) is 0 Å². The van der Waals surface area contributed by atoms with E-state index < -0.39 is 34.3 Å². The Hall–Kier alpha value is -3.72. The van der Waals surface area contributed by atoms with E-state index in [-0.39, 0.29) is 29.1 Å². The second-order valence-corrected chi connectivity index (χ2v) is 11.8. The lowest BCUT2D eigenvalue weighted by Gasteiger charge is -2.32. The van der Waals surface area contributed by atoms with Crippen LogP contribution in [0.15, 0.2) is 83.8 Å². The number of nitrogens with one attached hydrogen (secondary N) is 1. The van der Waals surface area contributed by atoms with Crippen molar-refractivity contribution in [3.8, 4) is 0 Å². The normalized spacial score (nSPS) is 14.5. The largest absolute Gasteiger partial charge is 0.352 e. The Kier molecular flexibility index (Phi) is 9.01. The Morgan fingerprint density at radius 3 is 2.21 bits per heavy atom. The molecule has 0 radical (unpaired) electrons. The second-order valence-electron chi connectivity index (χ2n) is 9.95. The number of anilines is 1. The van der Waals surface area contributed by atoms with Gasteiger partial charge in [0.05, 0.1) is 10.6 Å². The first-order valence-electron chi connectivity index (χ1n) is 13.1. The summed E-state index contributed by atoms with van der Waals surface area (Å²) in [4.78, 5) is 28.4. The summed E-state index contributed by atoms with van der Waals surface area (Å²) in [6.07, 6.45) is 3.86. The molecule has 3 aromatic carbocycles. The third kappa shape index (κ3) is 6.84. The standard InChI is InChI=1S/C30H34FN3O4S/c1-22-16-18-26(19-17-22)39(37,38)34(28-15-9-8-14-27(28)31)21-29(35)33(20-24-10-4-3-5-11-24)23(2)30(36)32-25-12-6-7-13-25/h3-5,8-11,14-19,23,25H,6-7,12-13,20-21H2,1-2H3,(H,32,36)/t23-/m1/s1. The molecule has 2 amide bonds. The van der Waals surface area contributed by atoms with Crippen molar-refractivity contribution in [2.45, 2.75) is 63.1 Å². The number of para-hydroxylation sites is 1. The number of nitrogens with zero attached hydrogens (tertiary/aromatic N) is 2. The second kappa shape index (κ2) is 12.4. The van der Waals surface area contributed by atoms with Crippen LogP contribution in [0.5, 0.6) is 0 Å². The van der Waals surface area contributed by atoms with Crippen molar-refractivity contribution >= 4 is 27.5 Å². The average Bonchev–Trinajstić information content (AvgIpc) is 3.44. The number of sulfonamides is 1. The van der Waals surface area contributed by atoms with E-state index in [2.05, 4.69) is 5.32 Å². The van der Waals surface area contributed by atoms with Gasteiger partial charge in [0.2, 0.25) is 11.8 Å². The molecule has 1 saturated carbocycles. The highest BCUT2D eigenvalue weighted by Crippen LogP contribution is 2.27. The van der Waals surface area contributed by atoms with Gasteiger partial charge in [0.25, 0.3) is 10.0 Å². The van der Waals surface area contributed by atoms with Gasteiger partial charge in [-0.3, -0.25) is 13.9 Å². The summed E-state index contributed by atoms with van der Waals surface area (Å²) in [5.41, 5.74) is 1.40. The number of benzene rings is 3. The predicted octanol–water partition coefficient (Wildman–Crippen LogP) is 4.81. The molecule has 0 aromatic heterocycles. The predicted molar refractivity (Wildman–Crippen MR) is 149 cm³/mol. The highest BCUT2D eigenvalue weighted by Gasteiger charge is 2.34. The minimum atomic E-state index is -4.31. The van der Waals surface area contributed by atoms with Gasteiger partial charge in [-0.2, -0.15) is 0 Å². The van der Waals surface area contributed by atoms with E-state index in [9.17, 15) is 22.4 Å². The Labute approximate surface area is 229 Å². The first kappa shape index (κ1) is 28.3. The highest BCUT2D eigenvalue weighted by molar-refractivity contribution is 7.92. The van der Waals surface area contributed by atoms with Crippen LogP contribution in [0.25, 0.3) is 0 Å². The zero-order valence-corrected chi connectivity index (χ0v) is 23.0. The van der Waals surface area contributed by atoms with Gasteiger partial charge in [-0.25, -0.2) is 12.8 Å². The molecule has 206 valence electrons. The maximum Gasteiger partial charge on any atom is 0.264 e. The number of aryl methyl sites for hydroxylation is 1. The first-order valence-corrected chi connectivity index (χ1v) is 14.6. The van der Waals surface area contributed by atoms with Crippen LogP contribution in [-0.2, 0) is 26.2 Å². The van der Waals surface area contributed by atoms with Gasteiger partial charge in [0.15, 0.2) is 0 Å². The Morgan fingerprint density at radius 2 is 1.56 bits per heavy atom. The zero-order chi connectivity index (χ0) is 28.0. The van der Waals surface area contributed by atoms with Gasteiger partial charge in [-0.05, 0) is 56.5 Å². The molecule has 0 unspecified atom stereocenters. The summed E-state index contributed by atoms with van der Waals surface area (Å²) in [6.45, 7) is 2.88. The minimum Gasteiger partial charge on any atom is -0.352 e. The van der Waals surface area contributed by atoms with E-state index in [0.29, 0.717) is 0 Å². The molecule has 1 fully saturated rings.